The second-order valence-corrected chi connectivity index (χ2v) is 4.38. The van der Waals surface area contributed by atoms with Crippen molar-refractivity contribution < 1.29 is 4.39 Å². The van der Waals surface area contributed by atoms with Crippen LogP contribution in [0.4, 0.5) is 4.39 Å². The Hall–Kier alpha value is -1.35. The number of nitrogens with zero attached hydrogens (tertiary/aromatic N) is 2. The summed E-state index contributed by atoms with van der Waals surface area (Å²) in [7, 11) is 0. The Labute approximate surface area is 105 Å². The van der Waals surface area contributed by atoms with Gasteiger partial charge in [-0.2, -0.15) is 5.10 Å². The molecule has 0 bridgehead atoms. The van der Waals surface area contributed by atoms with Gasteiger partial charge in [0.25, 0.3) is 0 Å². The van der Waals surface area contributed by atoms with Crippen molar-refractivity contribution in [3.63, 3.8) is 0 Å². The maximum atomic E-state index is 13.1. The number of benzene rings is 1. The van der Waals surface area contributed by atoms with E-state index in [1.165, 1.54) is 12.1 Å². The highest BCUT2D eigenvalue weighted by atomic mass is 35.5. The van der Waals surface area contributed by atoms with Crippen molar-refractivity contribution >= 4 is 11.6 Å². The van der Waals surface area contributed by atoms with Crippen LogP contribution in [0.1, 0.15) is 22.5 Å². The normalized spacial score (nSPS) is 10.9. The van der Waals surface area contributed by atoms with Gasteiger partial charge in [0, 0.05) is 11.6 Å². The molecule has 0 fully saturated rings. The molecule has 0 spiro atoms. The Morgan fingerprint density at radius 2 is 2.00 bits per heavy atom. The molecule has 2 aromatic rings. The molecule has 0 radical (unpaired) electrons. The minimum absolute atomic E-state index is 0.268. The molecule has 0 aliphatic carbocycles. The third-order valence-electron chi connectivity index (χ3n) is 3.07. The quantitative estimate of drug-likeness (QED) is 0.746. The smallest absolute Gasteiger partial charge is 0.123 e. The highest BCUT2D eigenvalue weighted by molar-refractivity contribution is 6.17. The van der Waals surface area contributed by atoms with Crippen LogP contribution in [0, 0.1) is 26.6 Å². The van der Waals surface area contributed by atoms with Crippen molar-refractivity contribution in [2.24, 2.45) is 0 Å². The zero-order chi connectivity index (χ0) is 12.6. The number of aromatic nitrogens is 2. The zero-order valence-corrected chi connectivity index (χ0v) is 10.8. The molecule has 0 unspecified atom stereocenters. The SMILES string of the molecule is Cc1nn(-c2ccc(F)cc2CCl)c(C)c1C. The van der Waals surface area contributed by atoms with E-state index in [1.807, 2.05) is 25.5 Å². The fraction of sp³-hybridized carbons (Fsp3) is 0.308. The van der Waals surface area contributed by atoms with Crippen molar-refractivity contribution in [1.29, 1.82) is 0 Å². The molecule has 90 valence electrons. The molecule has 4 heteroatoms. The Balaban J connectivity index is 2.64. The van der Waals surface area contributed by atoms with E-state index in [4.69, 9.17) is 11.6 Å². The zero-order valence-electron chi connectivity index (χ0n) is 10.1. The van der Waals surface area contributed by atoms with Gasteiger partial charge in [-0.1, -0.05) is 0 Å². The van der Waals surface area contributed by atoms with Crippen molar-refractivity contribution in [1.82, 2.24) is 9.78 Å². The van der Waals surface area contributed by atoms with Crippen LogP contribution in [-0.4, -0.2) is 9.78 Å². The average molecular weight is 253 g/mol. The predicted octanol–water partition coefficient (Wildman–Crippen LogP) is 3.68. The van der Waals surface area contributed by atoms with Gasteiger partial charge < -0.3 is 0 Å². The third-order valence-corrected chi connectivity index (χ3v) is 3.35. The van der Waals surface area contributed by atoms with Gasteiger partial charge in [-0.05, 0) is 50.1 Å². The van der Waals surface area contributed by atoms with Gasteiger partial charge in [-0.15, -0.1) is 11.6 Å². The molecular formula is C13H14ClFN2. The third kappa shape index (κ3) is 2.07. The fourth-order valence-corrected chi connectivity index (χ4v) is 2.04. The molecule has 0 aliphatic heterocycles. The van der Waals surface area contributed by atoms with Crippen LogP contribution < -0.4 is 0 Å². The summed E-state index contributed by atoms with van der Waals surface area (Å²) < 4.78 is 15.0. The number of alkyl halides is 1. The summed E-state index contributed by atoms with van der Waals surface area (Å²) in [6, 6.07) is 4.59. The Morgan fingerprint density at radius 3 is 2.53 bits per heavy atom. The molecule has 17 heavy (non-hydrogen) atoms. The standard InChI is InChI=1S/C13H14ClFN2/c1-8-9(2)16-17(10(8)3)13-5-4-12(15)6-11(13)7-14/h4-6H,7H2,1-3H3. The minimum Gasteiger partial charge on any atom is -0.237 e. The van der Waals surface area contributed by atoms with Crippen molar-refractivity contribution in [2.75, 3.05) is 0 Å². The lowest BCUT2D eigenvalue weighted by Gasteiger charge is -2.09. The number of halogens is 2. The molecule has 0 N–H and O–H groups in total. The molecule has 1 aromatic heterocycles. The van der Waals surface area contributed by atoms with Crippen molar-refractivity contribution in [3.05, 3.63) is 46.5 Å². The highest BCUT2D eigenvalue weighted by Crippen LogP contribution is 2.22. The molecule has 0 saturated carbocycles. The van der Waals surface area contributed by atoms with Gasteiger partial charge in [0.2, 0.25) is 0 Å². The molecule has 0 saturated heterocycles. The van der Waals surface area contributed by atoms with Gasteiger partial charge >= 0.3 is 0 Å². The van der Waals surface area contributed by atoms with Gasteiger partial charge in [0.05, 0.1) is 11.4 Å². The fourth-order valence-electron chi connectivity index (χ4n) is 1.82. The largest absolute Gasteiger partial charge is 0.237 e. The van der Waals surface area contributed by atoms with Gasteiger partial charge in [-0.25, -0.2) is 9.07 Å². The van der Waals surface area contributed by atoms with Crippen molar-refractivity contribution in [2.45, 2.75) is 26.7 Å². The van der Waals surface area contributed by atoms with Crippen LogP contribution in [0.5, 0.6) is 0 Å². The van der Waals surface area contributed by atoms with Crippen LogP contribution in [0.25, 0.3) is 5.69 Å². The average Bonchev–Trinajstić information content (AvgIpc) is 2.57. The lowest BCUT2D eigenvalue weighted by molar-refractivity contribution is 0.625. The van der Waals surface area contributed by atoms with Gasteiger partial charge in [0.15, 0.2) is 0 Å². The number of rotatable bonds is 2. The van der Waals surface area contributed by atoms with E-state index in [-0.39, 0.29) is 11.7 Å². The maximum absolute atomic E-state index is 13.1. The molecule has 1 aromatic carbocycles. The number of hydrogen-bond acceptors (Lipinski definition) is 1. The van der Waals surface area contributed by atoms with Crippen LogP contribution in [0.2, 0.25) is 0 Å². The summed E-state index contributed by atoms with van der Waals surface area (Å²) in [5.41, 5.74) is 4.77. The Morgan fingerprint density at radius 1 is 1.29 bits per heavy atom. The Bertz CT molecular complexity index is 561. The van der Waals surface area contributed by atoms with Gasteiger partial charge in [0.1, 0.15) is 5.82 Å². The first-order valence-corrected chi connectivity index (χ1v) is 5.95. The van der Waals surface area contributed by atoms with E-state index in [1.54, 1.807) is 6.07 Å². The minimum atomic E-state index is -0.275. The molecular weight excluding hydrogens is 239 g/mol. The number of hydrogen-bond donors (Lipinski definition) is 0. The second kappa shape index (κ2) is 4.49. The highest BCUT2D eigenvalue weighted by Gasteiger charge is 2.12. The molecule has 0 atom stereocenters. The predicted molar refractivity (Wildman–Crippen MR) is 67.3 cm³/mol. The van der Waals surface area contributed by atoms with E-state index < -0.39 is 0 Å². The molecule has 2 nitrogen and oxygen atoms in total. The van der Waals surface area contributed by atoms with Crippen LogP contribution in [0.3, 0.4) is 0 Å². The number of aryl methyl sites for hydroxylation is 1. The first-order valence-electron chi connectivity index (χ1n) is 5.42. The lowest BCUT2D eigenvalue weighted by atomic mass is 10.2. The summed E-state index contributed by atoms with van der Waals surface area (Å²) in [6.45, 7) is 5.98. The van der Waals surface area contributed by atoms with E-state index in [2.05, 4.69) is 5.10 Å². The summed E-state index contributed by atoms with van der Waals surface area (Å²) in [5, 5.41) is 4.45. The Kier molecular flexibility index (Phi) is 3.20. The monoisotopic (exact) mass is 252 g/mol. The summed E-state index contributed by atoms with van der Waals surface area (Å²) in [4.78, 5) is 0. The van der Waals surface area contributed by atoms with E-state index in [0.717, 1.165) is 28.2 Å². The first-order chi connectivity index (χ1) is 8.04. The van der Waals surface area contributed by atoms with Crippen LogP contribution in [0.15, 0.2) is 18.2 Å². The van der Waals surface area contributed by atoms with Crippen LogP contribution >= 0.6 is 11.6 Å². The topological polar surface area (TPSA) is 17.8 Å². The van der Waals surface area contributed by atoms with E-state index in [9.17, 15) is 4.39 Å². The lowest BCUT2D eigenvalue weighted by Crippen LogP contribution is -2.03. The van der Waals surface area contributed by atoms with E-state index in [0.29, 0.717) is 0 Å². The van der Waals surface area contributed by atoms with Crippen LogP contribution in [-0.2, 0) is 5.88 Å². The molecule has 1 heterocycles. The second-order valence-electron chi connectivity index (χ2n) is 4.11. The summed E-state index contributed by atoms with van der Waals surface area (Å²) in [6.07, 6.45) is 0. The maximum Gasteiger partial charge on any atom is 0.123 e. The molecule has 2 rings (SSSR count). The molecule has 0 aliphatic rings. The summed E-state index contributed by atoms with van der Waals surface area (Å²) in [5.74, 6) is -0.00698. The van der Waals surface area contributed by atoms with E-state index >= 15 is 0 Å². The molecule has 0 amide bonds. The first kappa shape index (κ1) is 12.1. The summed E-state index contributed by atoms with van der Waals surface area (Å²) >= 11 is 5.85. The van der Waals surface area contributed by atoms with Gasteiger partial charge in [-0.3, -0.25) is 0 Å². The van der Waals surface area contributed by atoms with Crippen molar-refractivity contribution in [3.8, 4) is 5.69 Å².